The molecule has 0 fully saturated rings. The predicted molar refractivity (Wildman–Crippen MR) is 90.8 cm³/mol. The number of ether oxygens (including phenoxy) is 1. The monoisotopic (exact) mass is 333 g/mol. The standard InChI is InChI=1S/C17H23N3O4/c1-3-5-6-7-8-16(17(21)24-4-2)19-12-18-14-11-13(20(22)23)9-10-15(14)19/h9-12,16H,3-8H2,1-2H3. The van der Waals surface area contributed by atoms with Gasteiger partial charge in [-0.05, 0) is 19.4 Å². The number of hydrogen-bond donors (Lipinski definition) is 0. The topological polar surface area (TPSA) is 87.3 Å². The summed E-state index contributed by atoms with van der Waals surface area (Å²) in [7, 11) is 0. The number of carbonyl (C=O) groups excluding carboxylic acids is 1. The van der Waals surface area contributed by atoms with E-state index in [1.807, 2.05) is 0 Å². The van der Waals surface area contributed by atoms with Crippen molar-refractivity contribution in [2.45, 2.75) is 52.0 Å². The Bertz CT molecular complexity index is 711. The maximum Gasteiger partial charge on any atom is 0.329 e. The van der Waals surface area contributed by atoms with Crippen molar-refractivity contribution in [2.24, 2.45) is 0 Å². The zero-order chi connectivity index (χ0) is 17.5. The van der Waals surface area contributed by atoms with Gasteiger partial charge in [0.25, 0.3) is 5.69 Å². The lowest BCUT2D eigenvalue weighted by atomic mass is 10.1. The highest BCUT2D eigenvalue weighted by Crippen LogP contribution is 2.26. The summed E-state index contributed by atoms with van der Waals surface area (Å²) in [6.45, 7) is 4.24. The van der Waals surface area contributed by atoms with Crippen LogP contribution in [0.25, 0.3) is 11.0 Å². The van der Waals surface area contributed by atoms with E-state index in [-0.39, 0.29) is 11.7 Å². The van der Waals surface area contributed by atoms with Crippen LogP contribution in [0.15, 0.2) is 24.5 Å². The Morgan fingerprint density at radius 1 is 1.33 bits per heavy atom. The van der Waals surface area contributed by atoms with Gasteiger partial charge in [0.15, 0.2) is 0 Å². The summed E-state index contributed by atoms with van der Waals surface area (Å²) >= 11 is 0. The van der Waals surface area contributed by atoms with Crippen molar-refractivity contribution in [1.82, 2.24) is 9.55 Å². The van der Waals surface area contributed by atoms with Crippen LogP contribution in [0, 0.1) is 10.1 Å². The Hall–Kier alpha value is -2.44. The lowest BCUT2D eigenvalue weighted by molar-refractivity contribution is -0.384. The molecule has 0 aliphatic rings. The van der Waals surface area contributed by atoms with Gasteiger partial charge in [-0.3, -0.25) is 10.1 Å². The number of nitrogens with zero attached hydrogens (tertiary/aromatic N) is 3. The van der Waals surface area contributed by atoms with Crippen LogP contribution in [0.2, 0.25) is 0 Å². The van der Waals surface area contributed by atoms with E-state index < -0.39 is 11.0 Å². The van der Waals surface area contributed by atoms with Crippen LogP contribution in [-0.4, -0.2) is 27.1 Å². The lowest BCUT2D eigenvalue weighted by Crippen LogP contribution is -2.21. The first-order valence-corrected chi connectivity index (χ1v) is 8.36. The molecule has 0 aliphatic carbocycles. The Kier molecular flexibility index (Phi) is 6.28. The molecule has 0 bridgehead atoms. The first kappa shape index (κ1) is 17.9. The molecular formula is C17H23N3O4. The third-order valence-electron chi connectivity index (χ3n) is 3.99. The molecule has 0 spiro atoms. The highest BCUT2D eigenvalue weighted by atomic mass is 16.6. The first-order chi connectivity index (χ1) is 11.6. The summed E-state index contributed by atoms with van der Waals surface area (Å²) < 4.78 is 6.97. The first-order valence-electron chi connectivity index (χ1n) is 8.36. The van der Waals surface area contributed by atoms with Crippen molar-refractivity contribution < 1.29 is 14.5 Å². The fourth-order valence-corrected chi connectivity index (χ4v) is 2.76. The maximum atomic E-state index is 12.3. The zero-order valence-corrected chi connectivity index (χ0v) is 14.1. The number of non-ortho nitro benzene ring substituents is 1. The van der Waals surface area contributed by atoms with Crippen LogP contribution in [0.3, 0.4) is 0 Å². The van der Waals surface area contributed by atoms with E-state index in [1.54, 1.807) is 23.9 Å². The number of nitro benzene ring substituents is 1. The number of nitro groups is 1. The predicted octanol–water partition coefficient (Wildman–Crippen LogP) is 4.02. The molecule has 7 nitrogen and oxygen atoms in total. The van der Waals surface area contributed by atoms with E-state index in [0.717, 1.165) is 25.7 Å². The fraction of sp³-hybridized carbons (Fsp3) is 0.529. The molecule has 1 unspecified atom stereocenters. The number of fused-ring (bicyclic) bond motifs is 1. The minimum atomic E-state index is -0.452. The largest absolute Gasteiger partial charge is 0.464 e. The van der Waals surface area contributed by atoms with Gasteiger partial charge in [0.1, 0.15) is 6.04 Å². The number of rotatable bonds is 9. The molecule has 2 rings (SSSR count). The lowest BCUT2D eigenvalue weighted by Gasteiger charge is -2.18. The summed E-state index contributed by atoms with van der Waals surface area (Å²) in [5, 5.41) is 10.9. The van der Waals surface area contributed by atoms with Crippen molar-refractivity contribution in [3.05, 3.63) is 34.6 Å². The SMILES string of the molecule is CCCCCCC(C(=O)OCC)n1cnc2cc([N+](=O)[O-])ccc21. The van der Waals surface area contributed by atoms with Crippen LogP contribution >= 0.6 is 0 Å². The van der Waals surface area contributed by atoms with E-state index in [9.17, 15) is 14.9 Å². The van der Waals surface area contributed by atoms with Gasteiger partial charge in [-0.1, -0.05) is 32.6 Å². The molecule has 1 aromatic carbocycles. The average Bonchev–Trinajstić information content (AvgIpc) is 2.98. The Morgan fingerprint density at radius 3 is 2.79 bits per heavy atom. The summed E-state index contributed by atoms with van der Waals surface area (Å²) in [6, 6.07) is 4.04. The van der Waals surface area contributed by atoms with Crippen molar-refractivity contribution in [3.8, 4) is 0 Å². The smallest absolute Gasteiger partial charge is 0.329 e. The van der Waals surface area contributed by atoms with Crippen molar-refractivity contribution >= 4 is 22.7 Å². The molecule has 0 N–H and O–H groups in total. The molecule has 2 aromatic rings. The number of benzene rings is 1. The quantitative estimate of drug-likeness (QED) is 0.299. The van der Waals surface area contributed by atoms with Gasteiger partial charge in [-0.25, -0.2) is 9.78 Å². The third kappa shape index (κ3) is 4.10. The number of hydrogen-bond acceptors (Lipinski definition) is 5. The Balaban J connectivity index is 2.29. The maximum absolute atomic E-state index is 12.3. The van der Waals surface area contributed by atoms with Crippen molar-refractivity contribution in [1.29, 1.82) is 0 Å². The van der Waals surface area contributed by atoms with E-state index >= 15 is 0 Å². The van der Waals surface area contributed by atoms with Crippen LogP contribution in [0.1, 0.15) is 52.0 Å². The van der Waals surface area contributed by atoms with Gasteiger partial charge < -0.3 is 9.30 Å². The second kappa shape index (κ2) is 8.42. The van der Waals surface area contributed by atoms with Gasteiger partial charge >= 0.3 is 5.97 Å². The molecule has 1 atom stereocenters. The van der Waals surface area contributed by atoms with E-state index in [2.05, 4.69) is 11.9 Å². The molecule has 0 radical (unpaired) electrons. The number of imidazole rings is 1. The van der Waals surface area contributed by atoms with Crippen LogP contribution in [0.5, 0.6) is 0 Å². The minimum absolute atomic E-state index is 0.0108. The normalized spacial score (nSPS) is 12.2. The van der Waals surface area contributed by atoms with Crippen molar-refractivity contribution in [2.75, 3.05) is 6.61 Å². The molecule has 0 saturated carbocycles. The number of carbonyl (C=O) groups is 1. The summed E-state index contributed by atoms with van der Waals surface area (Å²) in [5.41, 5.74) is 1.20. The van der Waals surface area contributed by atoms with E-state index in [4.69, 9.17) is 4.74 Å². The number of aromatic nitrogens is 2. The fourth-order valence-electron chi connectivity index (χ4n) is 2.76. The second-order valence-electron chi connectivity index (χ2n) is 5.70. The van der Waals surface area contributed by atoms with Gasteiger partial charge in [-0.15, -0.1) is 0 Å². The third-order valence-corrected chi connectivity index (χ3v) is 3.99. The average molecular weight is 333 g/mol. The Labute approximate surface area is 140 Å². The highest BCUT2D eigenvalue weighted by molar-refractivity contribution is 5.82. The molecule has 24 heavy (non-hydrogen) atoms. The number of esters is 1. The van der Waals surface area contributed by atoms with Gasteiger partial charge in [0.05, 0.1) is 28.9 Å². The molecular weight excluding hydrogens is 310 g/mol. The van der Waals surface area contributed by atoms with Crippen LogP contribution < -0.4 is 0 Å². The van der Waals surface area contributed by atoms with E-state index in [0.29, 0.717) is 24.1 Å². The molecule has 1 heterocycles. The molecule has 0 aliphatic heterocycles. The van der Waals surface area contributed by atoms with Gasteiger partial charge in [-0.2, -0.15) is 0 Å². The van der Waals surface area contributed by atoms with Crippen LogP contribution in [-0.2, 0) is 9.53 Å². The van der Waals surface area contributed by atoms with Crippen LogP contribution in [0.4, 0.5) is 5.69 Å². The van der Waals surface area contributed by atoms with Crippen molar-refractivity contribution in [3.63, 3.8) is 0 Å². The minimum Gasteiger partial charge on any atom is -0.464 e. The zero-order valence-electron chi connectivity index (χ0n) is 14.1. The summed E-state index contributed by atoms with van der Waals surface area (Å²) in [5.74, 6) is -0.286. The molecule has 7 heteroatoms. The second-order valence-corrected chi connectivity index (χ2v) is 5.70. The molecule has 130 valence electrons. The molecule has 0 saturated heterocycles. The molecule has 0 amide bonds. The molecule has 1 aromatic heterocycles. The highest BCUT2D eigenvalue weighted by Gasteiger charge is 2.23. The van der Waals surface area contributed by atoms with E-state index in [1.165, 1.54) is 12.1 Å². The summed E-state index contributed by atoms with van der Waals surface area (Å²) in [4.78, 5) is 27.0. The number of unbranched alkanes of at least 4 members (excludes halogenated alkanes) is 3. The van der Waals surface area contributed by atoms with Gasteiger partial charge in [0, 0.05) is 12.1 Å². The summed E-state index contributed by atoms with van der Waals surface area (Å²) in [6.07, 6.45) is 6.47. The van der Waals surface area contributed by atoms with Gasteiger partial charge in [0.2, 0.25) is 0 Å². The Morgan fingerprint density at radius 2 is 2.12 bits per heavy atom.